The molecule has 0 atom stereocenters. The van der Waals surface area contributed by atoms with E-state index in [0.717, 1.165) is 15.6 Å². The third kappa shape index (κ3) is 2.96. The van der Waals surface area contributed by atoms with Crippen LogP contribution in [0.15, 0.2) is 22.4 Å². The van der Waals surface area contributed by atoms with Gasteiger partial charge in [-0.05, 0) is 62.3 Å². The van der Waals surface area contributed by atoms with Crippen molar-refractivity contribution in [2.24, 2.45) is 5.92 Å². The maximum atomic E-state index is 12.9. The molecule has 1 aromatic rings. The zero-order valence-electron chi connectivity index (χ0n) is 13.9. The molecular weight excluding hydrogens is 399 g/mol. The highest BCUT2D eigenvalue weighted by atomic mass is 79.9. The van der Waals surface area contributed by atoms with Crippen LogP contribution in [0.4, 0.5) is 13.2 Å². The first kappa shape index (κ1) is 18.3. The van der Waals surface area contributed by atoms with E-state index in [1.807, 2.05) is 26.0 Å². The van der Waals surface area contributed by atoms with Gasteiger partial charge in [-0.1, -0.05) is 22.0 Å². The lowest BCUT2D eigenvalue weighted by atomic mass is 9.75. The molecule has 25 heavy (non-hydrogen) atoms. The lowest BCUT2D eigenvalue weighted by Crippen LogP contribution is -2.48. The quantitative estimate of drug-likeness (QED) is 0.678. The Morgan fingerprint density at radius 1 is 1.24 bits per heavy atom. The average molecular weight is 418 g/mol. The van der Waals surface area contributed by atoms with Gasteiger partial charge in [0.25, 0.3) is 5.91 Å². The lowest BCUT2D eigenvalue weighted by molar-refractivity contribution is -0.184. The zero-order chi connectivity index (χ0) is 18.6. The van der Waals surface area contributed by atoms with Crippen molar-refractivity contribution in [3.8, 4) is 0 Å². The van der Waals surface area contributed by atoms with Gasteiger partial charge in [0.15, 0.2) is 0 Å². The summed E-state index contributed by atoms with van der Waals surface area (Å²) < 4.78 is 39.6. The van der Waals surface area contributed by atoms with Gasteiger partial charge < -0.3 is 10.4 Å². The van der Waals surface area contributed by atoms with Crippen molar-refractivity contribution in [2.45, 2.75) is 51.2 Å². The van der Waals surface area contributed by atoms with E-state index in [2.05, 4.69) is 21.2 Å². The van der Waals surface area contributed by atoms with Gasteiger partial charge in [0.05, 0.1) is 17.0 Å². The number of hydrogen-bond acceptors (Lipinski definition) is 2. The number of aliphatic hydroxyl groups is 1. The van der Waals surface area contributed by atoms with Crippen LogP contribution in [-0.2, 0) is 4.79 Å². The van der Waals surface area contributed by atoms with Crippen LogP contribution in [0, 0.1) is 19.8 Å². The van der Waals surface area contributed by atoms with Crippen LogP contribution in [0.2, 0.25) is 0 Å². The molecule has 1 spiro atoms. The van der Waals surface area contributed by atoms with Crippen LogP contribution >= 0.6 is 15.9 Å². The highest BCUT2D eigenvalue weighted by Crippen LogP contribution is 2.47. The molecule has 1 aliphatic carbocycles. The number of hydrogen-bond donors (Lipinski definition) is 2. The first-order valence-corrected chi connectivity index (χ1v) is 8.95. The summed E-state index contributed by atoms with van der Waals surface area (Å²) in [6, 6.07) is 3.70. The van der Waals surface area contributed by atoms with Crippen molar-refractivity contribution < 1.29 is 23.1 Å². The Hall–Kier alpha value is -1.50. The third-order valence-corrected chi connectivity index (χ3v) is 6.29. The fourth-order valence-corrected chi connectivity index (χ4v) is 4.25. The number of carbonyl (C=O) groups excluding carboxylic acids is 1. The Morgan fingerprint density at radius 2 is 1.84 bits per heavy atom. The zero-order valence-corrected chi connectivity index (χ0v) is 15.5. The average Bonchev–Trinajstić information content (AvgIpc) is 2.75. The molecule has 136 valence electrons. The van der Waals surface area contributed by atoms with Gasteiger partial charge in [0.1, 0.15) is 5.76 Å². The Labute approximate surface area is 152 Å². The topological polar surface area (TPSA) is 49.3 Å². The third-order valence-electron chi connectivity index (χ3n) is 5.43. The Balaban J connectivity index is 2.00. The number of halogens is 4. The summed E-state index contributed by atoms with van der Waals surface area (Å²) in [5.74, 6) is -1.92. The fourth-order valence-electron chi connectivity index (χ4n) is 3.92. The molecule has 2 aliphatic rings. The second-order valence-electron chi connectivity index (χ2n) is 6.94. The molecule has 0 bridgehead atoms. The standard InChI is InChI=1S/C18H19BrF3NO2/c1-9-3-4-12(19)10(2)13(9)14-15(24)17(23-16(14)25)7-5-11(6-8-17)18(20,21)22/h3-4,11,24H,5-8H2,1-2H3,(H,23,25)/t11-,17+. The SMILES string of the molecule is Cc1ccc(Br)c(C)c1C1=C(O)[C@]2(CC[C@H](C(F)(F)F)CC2)NC1=O. The van der Waals surface area contributed by atoms with Gasteiger partial charge in [0.2, 0.25) is 0 Å². The van der Waals surface area contributed by atoms with Crippen molar-refractivity contribution in [1.82, 2.24) is 5.32 Å². The Bertz CT molecular complexity index is 762. The second-order valence-corrected chi connectivity index (χ2v) is 7.79. The first-order chi connectivity index (χ1) is 11.6. The predicted octanol–water partition coefficient (Wildman–Crippen LogP) is 4.96. The number of amides is 1. The van der Waals surface area contributed by atoms with Crippen molar-refractivity contribution in [2.75, 3.05) is 0 Å². The van der Waals surface area contributed by atoms with Crippen LogP contribution in [0.25, 0.3) is 5.57 Å². The molecular formula is C18H19BrF3NO2. The molecule has 3 nitrogen and oxygen atoms in total. The molecule has 0 unspecified atom stereocenters. The van der Waals surface area contributed by atoms with Gasteiger partial charge in [-0.3, -0.25) is 4.79 Å². The highest BCUT2D eigenvalue weighted by Gasteiger charge is 2.52. The molecule has 1 aromatic carbocycles. The molecule has 1 aliphatic heterocycles. The van der Waals surface area contributed by atoms with Crippen molar-refractivity contribution >= 4 is 27.4 Å². The second kappa shape index (κ2) is 6.04. The minimum absolute atomic E-state index is 0.0876. The van der Waals surface area contributed by atoms with E-state index in [0.29, 0.717) is 5.56 Å². The number of rotatable bonds is 1. The summed E-state index contributed by atoms with van der Waals surface area (Å²) in [6.45, 7) is 3.68. The van der Waals surface area contributed by atoms with E-state index in [4.69, 9.17) is 0 Å². The molecule has 1 heterocycles. The number of aryl methyl sites for hydroxylation is 1. The van der Waals surface area contributed by atoms with Crippen LogP contribution in [0.1, 0.15) is 42.4 Å². The summed E-state index contributed by atoms with van der Waals surface area (Å²) in [5.41, 5.74) is 1.40. The maximum Gasteiger partial charge on any atom is 0.391 e. The van der Waals surface area contributed by atoms with Crippen LogP contribution < -0.4 is 5.32 Å². The number of alkyl halides is 3. The van der Waals surface area contributed by atoms with Crippen LogP contribution in [0.3, 0.4) is 0 Å². The summed E-state index contributed by atoms with van der Waals surface area (Å²) in [5, 5.41) is 13.6. The highest BCUT2D eigenvalue weighted by molar-refractivity contribution is 9.10. The Morgan fingerprint density at radius 3 is 2.40 bits per heavy atom. The van der Waals surface area contributed by atoms with E-state index in [-0.39, 0.29) is 37.0 Å². The largest absolute Gasteiger partial charge is 0.509 e. The smallest absolute Gasteiger partial charge is 0.391 e. The molecule has 1 saturated carbocycles. The summed E-state index contributed by atoms with van der Waals surface area (Å²) in [6.07, 6.45) is -4.26. The van der Waals surface area contributed by atoms with Gasteiger partial charge >= 0.3 is 6.18 Å². The Kier molecular flexibility index (Phi) is 4.42. The molecule has 7 heteroatoms. The molecule has 0 radical (unpaired) electrons. The number of carbonyl (C=O) groups is 1. The lowest BCUT2D eigenvalue weighted by Gasteiger charge is -2.37. The minimum Gasteiger partial charge on any atom is -0.509 e. The summed E-state index contributed by atoms with van der Waals surface area (Å²) in [7, 11) is 0. The fraction of sp³-hybridized carbons (Fsp3) is 0.500. The van der Waals surface area contributed by atoms with Gasteiger partial charge in [-0.15, -0.1) is 0 Å². The van der Waals surface area contributed by atoms with Crippen molar-refractivity contribution in [1.29, 1.82) is 0 Å². The van der Waals surface area contributed by atoms with Gasteiger partial charge in [-0.2, -0.15) is 13.2 Å². The number of aliphatic hydroxyl groups excluding tert-OH is 1. The molecule has 2 N–H and O–H groups in total. The van der Waals surface area contributed by atoms with E-state index < -0.39 is 23.5 Å². The van der Waals surface area contributed by atoms with E-state index >= 15 is 0 Å². The van der Waals surface area contributed by atoms with Crippen LogP contribution in [0.5, 0.6) is 0 Å². The molecule has 0 saturated heterocycles. The molecule has 1 amide bonds. The van der Waals surface area contributed by atoms with Crippen molar-refractivity contribution in [3.05, 3.63) is 39.1 Å². The minimum atomic E-state index is -4.23. The summed E-state index contributed by atoms with van der Waals surface area (Å²) in [4.78, 5) is 12.6. The summed E-state index contributed by atoms with van der Waals surface area (Å²) >= 11 is 3.42. The van der Waals surface area contributed by atoms with Gasteiger partial charge in [-0.25, -0.2) is 0 Å². The van der Waals surface area contributed by atoms with E-state index in [1.54, 1.807) is 0 Å². The monoisotopic (exact) mass is 417 g/mol. The predicted molar refractivity (Wildman–Crippen MR) is 92.1 cm³/mol. The number of benzene rings is 1. The molecule has 1 fully saturated rings. The van der Waals surface area contributed by atoms with Gasteiger partial charge in [0, 0.05) is 4.47 Å². The van der Waals surface area contributed by atoms with E-state index in [9.17, 15) is 23.1 Å². The molecule has 3 rings (SSSR count). The van der Waals surface area contributed by atoms with Crippen molar-refractivity contribution in [3.63, 3.8) is 0 Å². The molecule has 0 aromatic heterocycles. The maximum absolute atomic E-state index is 12.9. The normalized spacial score (nSPS) is 27.1. The van der Waals surface area contributed by atoms with Crippen LogP contribution in [-0.4, -0.2) is 22.7 Å². The van der Waals surface area contributed by atoms with E-state index in [1.165, 1.54) is 0 Å². The number of nitrogens with one attached hydrogen (secondary N) is 1. The first-order valence-electron chi connectivity index (χ1n) is 8.16.